The summed E-state index contributed by atoms with van der Waals surface area (Å²) in [6.07, 6.45) is 0. The van der Waals surface area contributed by atoms with Crippen LogP contribution in [0.15, 0.2) is 54.6 Å². The fourth-order valence-corrected chi connectivity index (χ4v) is 5.20. The van der Waals surface area contributed by atoms with Gasteiger partial charge < -0.3 is 15.2 Å². The number of fused-ring (bicyclic) bond motifs is 1. The Morgan fingerprint density at radius 3 is 2.53 bits per heavy atom. The highest BCUT2D eigenvalue weighted by Gasteiger charge is 2.33. The lowest BCUT2D eigenvalue weighted by atomic mass is 9.99. The number of nitrogens with one attached hydrogen (secondary N) is 1. The van der Waals surface area contributed by atoms with Gasteiger partial charge in [-0.25, -0.2) is 9.97 Å². The summed E-state index contributed by atoms with van der Waals surface area (Å²) in [5.41, 5.74) is 4.98. The Morgan fingerprint density at radius 2 is 1.82 bits per heavy atom. The van der Waals surface area contributed by atoms with E-state index in [1.807, 2.05) is 56.3 Å². The van der Waals surface area contributed by atoms with E-state index in [2.05, 4.69) is 15.3 Å². The van der Waals surface area contributed by atoms with Crippen molar-refractivity contribution in [3.05, 3.63) is 77.1 Å². The lowest BCUT2D eigenvalue weighted by Crippen LogP contribution is -2.17. The first-order chi connectivity index (χ1) is 16.4. The fraction of sp³-hybridized carbons (Fsp3) is 0.200. The molecule has 3 heterocycles. The Balaban J connectivity index is 1.80. The molecule has 172 valence electrons. The topological polar surface area (TPSA) is 102 Å². The highest BCUT2D eigenvalue weighted by Crippen LogP contribution is 2.47. The van der Waals surface area contributed by atoms with Gasteiger partial charge in [-0.1, -0.05) is 36.4 Å². The molecule has 9 heteroatoms. The van der Waals surface area contributed by atoms with Crippen molar-refractivity contribution in [2.45, 2.75) is 19.1 Å². The molecule has 2 aromatic carbocycles. The Labute approximate surface area is 201 Å². The first kappa shape index (κ1) is 22.0. The number of nitrogens with zero attached hydrogens (tertiary/aromatic N) is 4. The first-order valence-corrected chi connectivity index (χ1v) is 11.8. The van der Waals surface area contributed by atoms with Gasteiger partial charge in [0.2, 0.25) is 5.91 Å². The third-order valence-electron chi connectivity index (χ3n) is 5.54. The molecule has 0 aliphatic carbocycles. The van der Waals surface area contributed by atoms with Crippen LogP contribution in [0.1, 0.15) is 27.8 Å². The predicted octanol–water partition coefficient (Wildman–Crippen LogP) is 4.44. The van der Waals surface area contributed by atoms with Gasteiger partial charge in [-0.05, 0) is 37.6 Å². The van der Waals surface area contributed by atoms with Crippen molar-refractivity contribution < 1.29 is 14.6 Å². The number of amides is 1. The largest absolute Gasteiger partial charge is 0.504 e. The average molecular weight is 474 g/mol. The number of methoxy groups -OCH3 is 1. The van der Waals surface area contributed by atoms with Gasteiger partial charge in [0.05, 0.1) is 23.8 Å². The summed E-state index contributed by atoms with van der Waals surface area (Å²) in [5.74, 6) is 1.48. The molecule has 1 aliphatic rings. The number of hydrogen-bond acceptors (Lipinski definition) is 7. The van der Waals surface area contributed by atoms with Crippen LogP contribution in [-0.2, 0) is 4.79 Å². The van der Waals surface area contributed by atoms with Crippen molar-refractivity contribution in [1.29, 1.82) is 0 Å². The van der Waals surface area contributed by atoms with Crippen LogP contribution in [0.3, 0.4) is 0 Å². The van der Waals surface area contributed by atoms with Crippen molar-refractivity contribution in [2.75, 3.05) is 18.2 Å². The number of carbonyl (C=O) groups excluding carboxylic acids is 1. The monoisotopic (exact) mass is 473 g/mol. The van der Waals surface area contributed by atoms with Gasteiger partial charge in [0.1, 0.15) is 5.82 Å². The van der Waals surface area contributed by atoms with Crippen molar-refractivity contribution >= 4 is 23.5 Å². The van der Waals surface area contributed by atoms with Crippen LogP contribution in [-0.4, -0.2) is 43.6 Å². The minimum atomic E-state index is -0.252. The van der Waals surface area contributed by atoms with Gasteiger partial charge in [-0.3, -0.25) is 4.79 Å². The molecule has 0 saturated heterocycles. The minimum absolute atomic E-state index is 0.0573. The maximum Gasteiger partial charge on any atom is 0.252 e. The maximum atomic E-state index is 12.8. The summed E-state index contributed by atoms with van der Waals surface area (Å²) < 4.78 is 6.97. The number of phenols is 1. The lowest BCUT2D eigenvalue weighted by Gasteiger charge is -2.17. The van der Waals surface area contributed by atoms with E-state index >= 15 is 0 Å². The molecule has 5 rings (SSSR count). The zero-order valence-electron chi connectivity index (χ0n) is 18.9. The Morgan fingerprint density at radius 1 is 1.09 bits per heavy atom. The summed E-state index contributed by atoms with van der Waals surface area (Å²) >= 11 is 1.49. The smallest absolute Gasteiger partial charge is 0.252 e. The number of ether oxygens (including phenoxy) is 1. The van der Waals surface area contributed by atoms with E-state index in [-0.39, 0.29) is 22.7 Å². The predicted molar refractivity (Wildman–Crippen MR) is 132 cm³/mol. The molecule has 4 aromatic rings. The van der Waals surface area contributed by atoms with E-state index in [4.69, 9.17) is 9.84 Å². The number of thioether (sulfide) groups is 1. The standard InChI is InChI=1S/C25H23N5O3S/c1-14-11-15(2)27-25(26-14)30-24-21(22(29-30)16-7-5-4-6-8-16)23(34-13-20(32)28-24)17-9-10-18(31)19(12-17)33-3/h4-12,23,31H,13H2,1-3H3,(H,28,32). The Kier molecular flexibility index (Phi) is 5.70. The third-order valence-corrected chi connectivity index (χ3v) is 6.81. The number of aromatic nitrogens is 4. The molecule has 0 radical (unpaired) electrons. The summed E-state index contributed by atoms with van der Waals surface area (Å²) in [6, 6.07) is 17.0. The molecule has 1 aliphatic heterocycles. The van der Waals surface area contributed by atoms with E-state index in [0.29, 0.717) is 17.5 Å². The molecule has 0 bridgehead atoms. The van der Waals surface area contributed by atoms with Gasteiger partial charge in [-0.15, -0.1) is 11.8 Å². The van der Waals surface area contributed by atoms with E-state index in [1.165, 1.54) is 18.9 Å². The van der Waals surface area contributed by atoms with Crippen LogP contribution in [0.4, 0.5) is 5.82 Å². The van der Waals surface area contributed by atoms with Crippen LogP contribution in [0.2, 0.25) is 0 Å². The van der Waals surface area contributed by atoms with Crippen LogP contribution in [0.25, 0.3) is 17.2 Å². The van der Waals surface area contributed by atoms with E-state index in [9.17, 15) is 9.90 Å². The third kappa shape index (κ3) is 3.99. The molecule has 2 aromatic heterocycles. The van der Waals surface area contributed by atoms with Gasteiger partial charge >= 0.3 is 0 Å². The Hall–Kier alpha value is -3.85. The van der Waals surface area contributed by atoms with Crippen molar-refractivity contribution in [3.8, 4) is 28.7 Å². The van der Waals surface area contributed by atoms with Gasteiger partial charge in [-0.2, -0.15) is 9.78 Å². The van der Waals surface area contributed by atoms with Crippen LogP contribution < -0.4 is 10.1 Å². The van der Waals surface area contributed by atoms with Crippen molar-refractivity contribution in [2.24, 2.45) is 0 Å². The molecule has 8 nitrogen and oxygen atoms in total. The maximum absolute atomic E-state index is 12.8. The average Bonchev–Trinajstić information content (AvgIpc) is 3.09. The van der Waals surface area contributed by atoms with E-state index in [0.717, 1.165) is 33.8 Å². The number of aromatic hydroxyl groups is 1. The Bertz CT molecular complexity index is 1370. The zero-order chi connectivity index (χ0) is 23.8. The van der Waals surface area contributed by atoms with Gasteiger partial charge in [0.15, 0.2) is 11.5 Å². The fourth-order valence-electron chi connectivity index (χ4n) is 4.09. The van der Waals surface area contributed by atoms with Gasteiger partial charge in [0, 0.05) is 22.5 Å². The van der Waals surface area contributed by atoms with E-state index < -0.39 is 0 Å². The molecule has 0 fully saturated rings. The number of hydrogen-bond donors (Lipinski definition) is 2. The van der Waals surface area contributed by atoms with Crippen LogP contribution in [0.5, 0.6) is 11.5 Å². The molecule has 2 N–H and O–H groups in total. The second-order valence-corrected chi connectivity index (χ2v) is 9.10. The summed E-state index contributed by atoms with van der Waals surface area (Å²) in [4.78, 5) is 22.0. The first-order valence-electron chi connectivity index (χ1n) is 10.7. The summed E-state index contributed by atoms with van der Waals surface area (Å²) in [5, 5.41) is 17.8. The van der Waals surface area contributed by atoms with Crippen molar-refractivity contribution in [3.63, 3.8) is 0 Å². The number of carbonyl (C=O) groups is 1. The molecule has 1 unspecified atom stereocenters. The summed E-state index contributed by atoms with van der Waals surface area (Å²) in [7, 11) is 1.51. The number of benzene rings is 2. The highest BCUT2D eigenvalue weighted by molar-refractivity contribution is 8.00. The highest BCUT2D eigenvalue weighted by atomic mass is 32.2. The SMILES string of the molecule is COc1cc(C2SCC(=O)Nc3c2c(-c2ccccc2)nn3-c2nc(C)cc(C)n2)ccc1O. The second-order valence-electron chi connectivity index (χ2n) is 8.01. The molecule has 34 heavy (non-hydrogen) atoms. The number of rotatable bonds is 4. The molecule has 0 saturated carbocycles. The zero-order valence-corrected chi connectivity index (χ0v) is 19.8. The van der Waals surface area contributed by atoms with Crippen LogP contribution >= 0.6 is 11.8 Å². The van der Waals surface area contributed by atoms with Crippen molar-refractivity contribution in [1.82, 2.24) is 19.7 Å². The normalized spacial score (nSPS) is 15.4. The molecular formula is C25H23N5O3S. The molecular weight excluding hydrogens is 450 g/mol. The van der Waals surface area contributed by atoms with E-state index in [1.54, 1.807) is 16.8 Å². The number of anilines is 1. The number of phenolic OH excluding ortho intramolecular Hbond substituents is 1. The number of aryl methyl sites for hydroxylation is 2. The summed E-state index contributed by atoms with van der Waals surface area (Å²) in [6.45, 7) is 3.80. The second kappa shape index (κ2) is 8.83. The van der Waals surface area contributed by atoms with Crippen LogP contribution in [0, 0.1) is 13.8 Å². The molecule has 1 atom stereocenters. The van der Waals surface area contributed by atoms with Gasteiger partial charge in [0.25, 0.3) is 5.95 Å². The minimum Gasteiger partial charge on any atom is -0.504 e. The molecule has 1 amide bonds. The quantitative estimate of drug-likeness (QED) is 0.452. The lowest BCUT2D eigenvalue weighted by molar-refractivity contribution is -0.113. The molecule has 0 spiro atoms.